The molecule has 0 radical (unpaired) electrons. The molecule has 1 amide bonds. The van der Waals surface area contributed by atoms with E-state index in [0.717, 1.165) is 37.3 Å². The molecule has 1 aromatic carbocycles. The molecule has 1 aliphatic heterocycles. The Bertz CT molecular complexity index is 721. The molecule has 6 nitrogen and oxygen atoms in total. The van der Waals surface area contributed by atoms with Gasteiger partial charge in [0, 0.05) is 18.3 Å². The van der Waals surface area contributed by atoms with Crippen LogP contribution < -0.4 is 10.1 Å². The molecule has 25 heavy (non-hydrogen) atoms. The molecule has 2 heterocycles. The number of nitrogens with one attached hydrogen (secondary N) is 1. The summed E-state index contributed by atoms with van der Waals surface area (Å²) in [5.41, 5.74) is 0.836. The number of likely N-dealkylation sites (tertiary alicyclic amines) is 1. The van der Waals surface area contributed by atoms with Gasteiger partial charge in [0.2, 0.25) is 11.8 Å². The fraction of sp³-hybridized carbons (Fsp3) is 0.421. The lowest BCUT2D eigenvalue weighted by atomic mass is 10.0. The molecule has 0 bridgehead atoms. The third kappa shape index (κ3) is 4.33. The van der Waals surface area contributed by atoms with Crippen LogP contribution in [0.4, 0.5) is 0 Å². The first-order valence-corrected chi connectivity index (χ1v) is 8.70. The molecule has 1 unspecified atom stereocenters. The number of aryl methyl sites for hydroxylation is 1. The third-order valence-electron chi connectivity index (χ3n) is 4.26. The topological polar surface area (TPSA) is 67.4 Å². The highest BCUT2D eigenvalue weighted by atomic mass is 16.5. The summed E-state index contributed by atoms with van der Waals surface area (Å²) in [6, 6.07) is 11.3. The Kier molecular flexibility index (Phi) is 5.60. The maximum absolute atomic E-state index is 12.4. The normalized spacial score (nSPS) is 17.4. The van der Waals surface area contributed by atoms with Gasteiger partial charge < -0.3 is 15.0 Å². The van der Waals surface area contributed by atoms with E-state index < -0.39 is 0 Å². The molecule has 1 saturated heterocycles. The van der Waals surface area contributed by atoms with Crippen molar-refractivity contribution in [2.45, 2.75) is 32.2 Å². The van der Waals surface area contributed by atoms with E-state index in [4.69, 9.17) is 4.74 Å². The molecule has 1 fully saturated rings. The zero-order chi connectivity index (χ0) is 17.6. The number of hydrogen-bond acceptors (Lipinski definition) is 5. The first kappa shape index (κ1) is 17.4. The first-order valence-electron chi connectivity index (χ1n) is 8.70. The Morgan fingerprint density at radius 3 is 2.84 bits per heavy atom. The maximum Gasteiger partial charge on any atom is 0.237 e. The summed E-state index contributed by atoms with van der Waals surface area (Å²) in [4.78, 5) is 23.5. The highest BCUT2D eigenvalue weighted by molar-refractivity contribution is 5.78. The van der Waals surface area contributed by atoms with E-state index in [2.05, 4.69) is 15.3 Å². The minimum Gasteiger partial charge on any atom is -0.439 e. The average molecular weight is 340 g/mol. The molecule has 132 valence electrons. The average Bonchev–Trinajstić information content (AvgIpc) is 2.62. The van der Waals surface area contributed by atoms with Crippen LogP contribution in [0.15, 0.2) is 36.4 Å². The van der Waals surface area contributed by atoms with E-state index in [0.29, 0.717) is 18.2 Å². The Hall–Kier alpha value is -2.47. The Balaban J connectivity index is 1.86. The minimum absolute atomic E-state index is 0.0860. The molecule has 0 spiro atoms. The van der Waals surface area contributed by atoms with E-state index in [1.165, 1.54) is 0 Å². The second-order valence-corrected chi connectivity index (χ2v) is 6.25. The number of benzene rings is 1. The summed E-state index contributed by atoms with van der Waals surface area (Å²) in [6.45, 7) is 3.00. The molecular weight excluding hydrogens is 316 g/mol. The summed E-state index contributed by atoms with van der Waals surface area (Å²) in [5, 5.41) is 2.94. The minimum atomic E-state index is -0.0902. The summed E-state index contributed by atoms with van der Waals surface area (Å²) in [5.74, 6) is 2.00. The number of para-hydroxylation sites is 1. The van der Waals surface area contributed by atoms with E-state index >= 15 is 0 Å². The highest BCUT2D eigenvalue weighted by Crippen LogP contribution is 2.30. The molecule has 3 rings (SSSR count). The molecule has 1 N–H and O–H groups in total. The molecular formula is C19H24N4O2. The van der Waals surface area contributed by atoms with Crippen LogP contribution in [0.2, 0.25) is 0 Å². The van der Waals surface area contributed by atoms with E-state index in [1.807, 2.05) is 48.2 Å². The monoisotopic (exact) mass is 340 g/mol. The maximum atomic E-state index is 12.4. The van der Waals surface area contributed by atoms with Crippen molar-refractivity contribution in [1.29, 1.82) is 0 Å². The Morgan fingerprint density at radius 1 is 1.28 bits per heavy atom. The van der Waals surface area contributed by atoms with Gasteiger partial charge in [-0.25, -0.2) is 4.98 Å². The third-order valence-corrected chi connectivity index (χ3v) is 4.26. The largest absolute Gasteiger partial charge is 0.439 e. The van der Waals surface area contributed by atoms with Crippen molar-refractivity contribution in [1.82, 2.24) is 20.2 Å². The number of likely N-dealkylation sites (N-methyl/N-ethyl adjacent to an activating group) is 1. The predicted octanol–water partition coefficient (Wildman–Crippen LogP) is 2.85. The van der Waals surface area contributed by atoms with Gasteiger partial charge in [-0.3, -0.25) is 4.79 Å². The second-order valence-electron chi connectivity index (χ2n) is 6.25. The number of rotatable bonds is 5. The fourth-order valence-corrected chi connectivity index (χ4v) is 3.12. The van der Waals surface area contributed by atoms with Crippen molar-refractivity contribution in [3.8, 4) is 11.6 Å². The van der Waals surface area contributed by atoms with Crippen molar-refractivity contribution in [2.75, 3.05) is 20.1 Å². The number of hydrogen-bond donors (Lipinski definition) is 1. The van der Waals surface area contributed by atoms with Crippen LogP contribution in [0.25, 0.3) is 0 Å². The summed E-state index contributed by atoms with van der Waals surface area (Å²) in [6.07, 6.45) is 2.97. The molecule has 6 heteroatoms. The van der Waals surface area contributed by atoms with Crippen molar-refractivity contribution >= 4 is 5.91 Å². The zero-order valence-corrected chi connectivity index (χ0v) is 14.7. The van der Waals surface area contributed by atoms with Crippen LogP contribution >= 0.6 is 0 Å². The van der Waals surface area contributed by atoms with E-state index in [1.54, 1.807) is 7.05 Å². The fourth-order valence-electron chi connectivity index (χ4n) is 3.12. The van der Waals surface area contributed by atoms with Gasteiger partial charge >= 0.3 is 0 Å². The summed E-state index contributed by atoms with van der Waals surface area (Å²) >= 11 is 0. The summed E-state index contributed by atoms with van der Waals surface area (Å²) in [7, 11) is 1.78. The molecule has 1 atom stereocenters. The van der Waals surface area contributed by atoms with Crippen LogP contribution in [0.3, 0.4) is 0 Å². The lowest BCUT2D eigenvalue weighted by Gasteiger charge is -2.35. The number of nitrogens with zero attached hydrogens (tertiary/aromatic N) is 3. The quantitative estimate of drug-likeness (QED) is 0.906. The van der Waals surface area contributed by atoms with Crippen molar-refractivity contribution in [3.63, 3.8) is 0 Å². The molecule has 0 saturated carbocycles. The van der Waals surface area contributed by atoms with E-state index in [9.17, 15) is 4.79 Å². The number of carbonyl (C=O) groups is 1. The van der Waals surface area contributed by atoms with Crippen molar-refractivity contribution < 1.29 is 9.53 Å². The number of ether oxygens (including phenoxy) is 1. The number of carbonyl (C=O) groups excluding carboxylic acids is 1. The van der Waals surface area contributed by atoms with Crippen LogP contribution in [0.1, 0.15) is 36.8 Å². The van der Waals surface area contributed by atoms with Crippen LogP contribution in [0.5, 0.6) is 11.6 Å². The van der Waals surface area contributed by atoms with Crippen molar-refractivity contribution in [3.05, 3.63) is 47.9 Å². The highest BCUT2D eigenvalue weighted by Gasteiger charge is 2.30. The number of aromatic nitrogens is 2. The molecule has 2 aromatic rings. The van der Waals surface area contributed by atoms with Crippen LogP contribution in [-0.2, 0) is 4.79 Å². The van der Waals surface area contributed by atoms with Crippen molar-refractivity contribution in [2.24, 2.45) is 0 Å². The van der Waals surface area contributed by atoms with Gasteiger partial charge in [0.25, 0.3) is 0 Å². The van der Waals surface area contributed by atoms with Gasteiger partial charge in [0.05, 0.1) is 12.6 Å². The summed E-state index contributed by atoms with van der Waals surface area (Å²) < 4.78 is 5.87. The lowest BCUT2D eigenvalue weighted by Crippen LogP contribution is -2.43. The smallest absolute Gasteiger partial charge is 0.237 e. The SMILES string of the molecule is CNCC(=O)N1CCCCC1c1nc(C)cc(Oc2ccccc2)n1. The van der Waals surface area contributed by atoms with Gasteiger partial charge in [0.1, 0.15) is 5.75 Å². The van der Waals surface area contributed by atoms with Crippen LogP contribution in [0, 0.1) is 6.92 Å². The van der Waals surface area contributed by atoms with Gasteiger partial charge in [-0.1, -0.05) is 18.2 Å². The van der Waals surface area contributed by atoms with E-state index in [-0.39, 0.29) is 11.9 Å². The van der Waals surface area contributed by atoms with Crippen LogP contribution in [-0.4, -0.2) is 40.9 Å². The van der Waals surface area contributed by atoms with Gasteiger partial charge in [-0.2, -0.15) is 4.98 Å². The molecule has 1 aromatic heterocycles. The molecule has 1 aliphatic rings. The zero-order valence-electron chi connectivity index (χ0n) is 14.7. The predicted molar refractivity (Wildman–Crippen MR) is 95.5 cm³/mol. The van der Waals surface area contributed by atoms with Gasteiger partial charge in [0.15, 0.2) is 5.82 Å². The van der Waals surface area contributed by atoms with Gasteiger partial charge in [-0.15, -0.1) is 0 Å². The second kappa shape index (κ2) is 8.07. The van der Waals surface area contributed by atoms with Gasteiger partial charge in [-0.05, 0) is 45.4 Å². The lowest BCUT2D eigenvalue weighted by molar-refractivity contribution is -0.134. The number of piperidine rings is 1. The first-order chi connectivity index (χ1) is 12.2. The standard InChI is InChI=1S/C19H24N4O2/c1-14-12-17(25-15-8-4-3-5-9-15)22-19(21-14)16-10-6-7-11-23(16)18(24)13-20-2/h3-5,8-9,12,16,20H,6-7,10-11,13H2,1-2H3. The Morgan fingerprint density at radius 2 is 2.08 bits per heavy atom. The Labute approximate surface area is 148 Å². The molecule has 0 aliphatic carbocycles. The number of amides is 1.